The number of nitrogens with one attached hydrogen (secondary N) is 2. The van der Waals surface area contributed by atoms with Crippen LogP contribution in [0.1, 0.15) is 31.2 Å². The van der Waals surface area contributed by atoms with E-state index in [1.165, 1.54) is 41.9 Å². The van der Waals surface area contributed by atoms with Gasteiger partial charge >= 0.3 is 6.03 Å². The summed E-state index contributed by atoms with van der Waals surface area (Å²) in [6.07, 6.45) is 7.97. The van der Waals surface area contributed by atoms with Crippen LogP contribution in [0.3, 0.4) is 0 Å². The molecule has 0 spiro atoms. The number of carbonyl (C=O) groups is 1. The average molecular weight is 561 g/mol. The summed E-state index contributed by atoms with van der Waals surface area (Å²) in [6, 6.07) is 12.9. The van der Waals surface area contributed by atoms with E-state index < -0.39 is 5.82 Å². The van der Waals surface area contributed by atoms with Crippen LogP contribution < -0.4 is 15.4 Å². The fraction of sp³-hybridized carbons (Fsp3) is 0.367. The molecule has 1 aliphatic carbocycles. The first kappa shape index (κ1) is 26.6. The Hall–Kier alpha value is -3.60. The molecule has 1 aliphatic heterocycles. The number of urea groups is 1. The number of piperidine rings is 1. The Morgan fingerprint density at radius 1 is 1.07 bits per heavy atom. The number of nitrogens with zero attached hydrogens (tertiary/aromatic N) is 4. The molecule has 2 fully saturated rings. The monoisotopic (exact) mass is 560 g/mol. The Balaban J connectivity index is 1.13. The predicted molar refractivity (Wildman–Crippen MR) is 156 cm³/mol. The number of hydrogen-bond donors (Lipinski definition) is 2. The zero-order valence-electron chi connectivity index (χ0n) is 22.7. The first-order valence-electron chi connectivity index (χ1n) is 13.7. The van der Waals surface area contributed by atoms with Crippen molar-refractivity contribution in [1.29, 1.82) is 0 Å². The minimum atomic E-state index is -0.561. The van der Waals surface area contributed by atoms with E-state index in [-0.39, 0.29) is 17.8 Å². The van der Waals surface area contributed by atoms with Crippen molar-refractivity contribution in [3.63, 3.8) is 0 Å². The number of halogens is 1. The first-order chi connectivity index (χ1) is 19.4. The van der Waals surface area contributed by atoms with E-state index in [1.54, 1.807) is 18.3 Å². The standard InChI is InChI=1S/C30H33FN6O2S/c1-36(2)22-10-13-37(14-11-22)18-19-3-7-24(33-17-19)28-16-25-29(40-28)27(9-12-32-25)39-26-8-6-21(15-23(26)31)35-30(38)34-20-4-5-20/h3,6-9,12,15-17,20,22H,4-5,10-11,13-14,18H2,1-2H3,(H2,34,35,38). The highest BCUT2D eigenvalue weighted by Crippen LogP contribution is 2.39. The third-order valence-electron chi connectivity index (χ3n) is 7.47. The average Bonchev–Trinajstić information content (AvgIpc) is 3.64. The molecule has 8 nitrogen and oxygen atoms in total. The first-order valence-corrected chi connectivity index (χ1v) is 14.5. The molecule has 0 radical (unpaired) electrons. The molecule has 4 aromatic rings. The molecule has 2 aliphatic rings. The second-order valence-corrected chi connectivity index (χ2v) is 11.8. The molecule has 3 aromatic heterocycles. The van der Waals surface area contributed by atoms with E-state index in [9.17, 15) is 9.18 Å². The summed E-state index contributed by atoms with van der Waals surface area (Å²) >= 11 is 1.52. The van der Waals surface area contributed by atoms with Crippen molar-refractivity contribution in [2.24, 2.45) is 0 Å². The summed E-state index contributed by atoms with van der Waals surface area (Å²) in [5.41, 5.74) is 3.21. The fourth-order valence-electron chi connectivity index (χ4n) is 5.00. The van der Waals surface area contributed by atoms with Crippen molar-refractivity contribution >= 4 is 33.3 Å². The molecule has 0 bridgehead atoms. The van der Waals surface area contributed by atoms with Crippen LogP contribution in [0.25, 0.3) is 20.8 Å². The van der Waals surface area contributed by atoms with Crippen LogP contribution in [-0.4, -0.2) is 65.1 Å². The number of amides is 2. The van der Waals surface area contributed by atoms with E-state index >= 15 is 0 Å². The molecule has 40 heavy (non-hydrogen) atoms. The van der Waals surface area contributed by atoms with Gasteiger partial charge in [-0.05, 0) is 82.7 Å². The Labute approximate surface area is 237 Å². The number of carbonyl (C=O) groups excluding carboxylic acids is 1. The Kier molecular flexibility index (Phi) is 7.64. The van der Waals surface area contributed by atoms with E-state index in [1.807, 2.05) is 12.3 Å². The summed E-state index contributed by atoms with van der Waals surface area (Å²) in [7, 11) is 4.32. The van der Waals surface area contributed by atoms with Crippen LogP contribution in [-0.2, 0) is 6.54 Å². The minimum absolute atomic E-state index is 0.0766. The highest BCUT2D eigenvalue weighted by atomic mass is 32.1. The molecule has 1 saturated heterocycles. The van der Waals surface area contributed by atoms with Crippen molar-refractivity contribution < 1.29 is 13.9 Å². The number of ether oxygens (including phenoxy) is 1. The summed E-state index contributed by atoms with van der Waals surface area (Å²) in [4.78, 5) is 27.0. The van der Waals surface area contributed by atoms with Gasteiger partial charge in [0.15, 0.2) is 11.6 Å². The number of anilines is 1. The molecule has 10 heteroatoms. The van der Waals surface area contributed by atoms with Gasteiger partial charge in [0.25, 0.3) is 0 Å². The van der Waals surface area contributed by atoms with Gasteiger partial charge in [0.1, 0.15) is 5.75 Å². The minimum Gasteiger partial charge on any atom is -0.453 e. The number of likely N-dealkylation sites (tertiary alicyclic amines) is 1. The number of hydrogen-bond acceptors (Lipinski definition) is 7. The summed E-state index contributed by atoms with van der Waals surface area (Å²) in [5.74, 6) is 0.0342. The molecular weight excluding hydrogens is 527 g/mol. The largest absolute Gasteiger partial charge is 0.453 e. The van der Waals surface area contributed by atoms with Crippen LogP contribution in [0.5, 0.6) is 11.5 Å². The molecule has 4 heterocycles. The lowest BCUT2D eigenvalue weighted by atomic mass is 10.0. The Bertz CT molecular complexity index is 1500. The Morgan fingerprint density at radius 2 is 1.90 bits per heavy atom. The number of rotatable bonds is 8. The van der Waals surface area contributed by atoms with Gasteiger partial charge in [0.2, 0.25) is 0 Å². The summed E-state index contributed by atoms with van der Waals surface area (Å²) in [5, 5.41) is 5.48. The zero-order valence-corrected chi connectivity index (χ0v) is 23.5. The van der Waals surface area contributed by atoms with Crippen LogP contribution >= 0.6 is 11.3 Å². The third-order valence-corrected chi connectivity index (χ3v) is 8.63. The SMILES string of the molecule is CN(C)C1CCN(Cc2ccc(-c3cc4nccc(Oc5ccc(NC(=O)NC6CC6)cc5F)c4s3)nc2)CC1. The number of pyridine rings is 2. The molecule has 2 N–H and O–H groups in total. The van der Waals surface area contributed by atoms with E-state index in [4.69, 9.17) is 9.72 Å². The molecule has 6 rings (SSSR count). The van der Waals surface area contributed by atoms with Crippen molar-refractivity contribution in [3.8, 4) is 22.1 Å². The zero-order chi connectivity index (χ0) is 27.6. The molecule has 2 amide bonds. The Morgan fingerprint density at radius 3 is 2.60 bits per heavy atom. The molecule has 208 valence electrons. The van der Waals surface area contributed by atoms with Crippen LogP contribution in [0.2, 0.25) is 0 Å². The van der Waals surface area contributed by atoms with Gasteiger partial charge in [-0.1, -0.05) is 6.07 Å². The normalized spacial score (nSPS) is 16.4. The van der Waals surface area contributed by atoms with Crippen LogP contribution in [0.4, 0.5) is 14.9 Å². The molecule has 0 atom stereocenters. The number of aromatic nitrogens is 2. The summed E-state index contributed by atoms with van der Waals surface area (Å²) < 4.78 is 21.7. The lowest BCUT2D eigenvalue weighted by Crippen LogP contribution is -2.41. The van der Waals surface area contributed by atoms with Gasteiger partial charge < -0.3 is 20.3 Å². The maximum Gasteiger partial charge on any atom is 0.319 e. The molecule has 1 aromatic carbocycles. The van der Waals surface area contributed by atoms with Crippen molar-refractivity contribution in [3.05, 3.63) is 66.2 Å². The maximum atomic E-state index is 14.9. The van der Waals surface area contributed by atoms with Crippen molar-refractivity contribution in [2.45, 2.75) is 44.3 Å². The van der Waals surface area contributed by atoms with E-state index in [2.05, 4.69) is 51.6 Å². The van der Waals surface area contributed by atoms with E-state index in [0.717, 1.165) is 53.3 Å². The van der Waals surface area contributed by atoms with E-state index in [0.29, 0.717) is 17.5 Å². The summed E-state index contributed by atoms with van der Waals surface area (Å²) in [6.45, 7) is 3.11. The highest BCUT2D eigenvalue weighted by molar-refractivity contribution is 7.22. The van der Waals surface area contributed by atoms with Crippen molar-refractivity contribution in [2.75, 3.05) is 32.5 Å². The molecule has 1 saturated carbocycles. The second kappa shape index (κ2) is 11.5. The van der Waals surface area contributed by atoms with Gasteiger partial charge in [0.05, 0.1) is 20.8 Å². The highest BCUT2D eigenvalue weighted by Gasteiger charge is 2.23. The quantitative estimate of drug-likeness (QED) is 0.271. The van der Waals surface area contributed by atoms with Crippen molar-refractivity contribution in [1.82, 2.24) is 25.1 Å². The number of benzene rings is 1. The second-order valence-electron chi connectivity index (χ2n) is 10.8. The van der Waals surface area contributed by atoms with Gasteiger partial charge in [-0.15, -0.1) is 11.3 Å². The van der Waals surface area contributed by atoms with Crippen LogP contribution in [0.15, 0.2) is 54.9 Å². The van der Waals surface area contributed by atoms with Gasteiger partial charge in [-0.25, -0.2) is 9.18 Å². The molecule has 0 unspecified atom stereocenters. The lowest BCUT2D eigenvalue weighted by molar-refractivity contribution is 0.140. The van der Waals surface area contributed by atoms with Gasteiger partial charge in [-0.3, -0.25) is 14.9 Å². The van der Waals surface area contributed by atoms with Gasteiger partial charge in [-0.2, -0.15) is 0 Å². The molecular formula is C30H33FN6O2S. The topological polar surface area (TPSA) is 82.6 Å². The lowest BCUT2D eigenvalue weighted by Gasteiger charge is -2.35. The van der Waals surface area contributed by atoms with Crippen LogP contribution in [0, 0.1) is 5.82 Å². The number of fused-ring (bicyclic) bond motifs is 1. The third kappa shape index (κ3) is 6.24. The fourth-order valence-corrected chi connectivity index (χ4v) is 6.04. The van der Waals surface area contributed by atoms with Gasteiger partial charge in [0, 0.05) is 48.8 Å². The predicted octanol–water partition coefficient (Wildman–Crippen LogP) is 6.10. The number of thiophene rings is 1. The smallest absolute Gasteiger partial charge is 0.319 e. The maximum absolute atomic E-state index is 14.9.